The van der Waals surface area contributed by atoms with Gasteiger partial charge in [-0.15, -0.1) is 0 Å². The number of hydrogen-bond donors (Lipinski definition) is 3. The van der Waals surface area contributed by atoms with E-state index in [0.29, 0.717) is 0 Å². The van der Waals surface area contributed by atoms with Crippen LogP contribution in [-0.4, -0.2) is 35.6 Å². The van der Waals surface area contributed by atoms with Crippen LogP contribution in [0, 0.1) is 0 Å². The van der Waals surface area contributed by atoms with Gasteiger partial charge in [-0.05, 0) is 25.3 Å². The third-order valence-corrected chi connectivity index (χ3v) is 3.98. The number of hydrogen-bond acceptors (Lipinski definition) is 3. The second-order valence-electron chi connectivity index (χ2n) is 5.34. The molecule has 5 nitrogen and oxygen atoms in total. The summed E-state index contributed by atoms with van der Waals surface area (Å²) in [5.41, 5.74) is 1.34. The molecule has 3 N–H and O–H groups in total. The molecule has 0 spiro atoms. The molecule has 18 heavy (non-hydrogen) atoms. The largest absolute Gasteiger partial charge is 0.481 e. The van der Waals surface area contributed by atoms with Gasteiger partial charge in [-0.25, -0.2) is 0 Å². The number of carbonyl (C=O) groups is 2. The van der Waals surface area contributed by atoms with Crippen molar-refractivity contribution in [2.45, 2.75) is 44.6 Å². The molecule has 1 saturated heterocycles. The molecule has 0 aromatic carbocycles. The molecule has 0 bridgehead atoms. The van der Waals surface area contributed by atoms with Crippen LogP contribution in [0.25, 0.3) is 0 Å². The second-order valence-corrected chi connectivity index (χ2v) is 5.34. The maximum atomic E-state index is 12.1. The Hall–Kier alpha value is -1.36. The first-order valence-corrected chi connectivity index (χ1v) is 6.46. The van der Waals surface area contributed by atoms with Gasteiger partial charge in [-0.3, -0.25) is 9.59 Å². The quantitative estimate of drug-likeness (QED) is 0.647. The van der Waals surface area contributed by atoms with E-state index in [1.807, 2.05) is 6.92 Å². The predicted molar refractivity (Wildman–Crippen MR) is 67.2 cm³/mol. The van der Waals surface area contributed by atoms with Gasteiger partial charge < -0.3 is 15.7 Å². The lowest BCUT2D eigenvalue weighted by Crippen LogP contribution is -2.49. The minimum atomic E-state index is -0.840. The van der Waals surface area contributed by atoms with Crippen molar-refractivity contribution >= 4 is 11.9 Å². The van der Waals surface area contributed by atoms with Gasteiger partial charge in [-0.1, -0.05) is 12.8 Å². The molecule has 2 fully saturated rings. The molecule has 0 aromatic heterocycles. The summed E-state index contributed by atoms with van der Waals surface area (Å²) < 4.78 is 0. The molecule has 0 unspecified atom stereocenters. The fraction of sp³-hybridized carbons (Fsp3) is 0.692. The summed E-state index contributed by atoms with van der Waals surface area (Å²) in [6.45, 7) is 3.35. The molecule has 100 valence electrons. The van der Waals surface area contributed by atoms with E-state index < -0.39 is 11.5 Å². The highest BCUT2D eigenvalue weighted by molar-refractivity contribution is 5.94. The molecule has 1 heterocycles. The number of aliphatic carboxylic acids is 1. The fourth-order valence-electron chi connectivity index (χ4n) is 2.70. The Kier molecular flexibility index (Phi) is 3.71. The normalized spacial score (nSPS) is 21.3. The van der Waals surface area contributed by atoms with Crippen molar-refractivity contribution in [3.8, 4) is 0 Å². The van der Waals surface area contributed by atoms with E-state index in [4.69, 9.17) is 5.11 Å². The number of carbonyl (C=O) groups excluding carboxylic acids is 1. The Morgan fingerprint density at radius 1 is 1.33 bits per heavy atom. The molecule has 1 aliphatic carbocycles. The van der Waals surface area contributed by atoms with E-state index in [2.05, 4.69) is 10.6 Å². The Labute approximate surface area is 107 Å². The summed E-state index contributed by atoms with van der Waals surface area (Å²) >= 11 is 0. The van der Waals surface area contributed by atoms with Crippen LogP contribution >= 0.6 is 0 Å². The summed E-state index contributed by atoms with van der Waals surface area (Å²) in [6, 6.07) is 0. The highest BCUT2D eigenvalue weighted by Crippen LogP contribution is 2.33. The van der Waals surface area contributed by atoms with Crippen molar-refractivity contribution in [1.82, 2.24) is 10.6 Å². The van der Waals surface area contributed by atoms with Gasteiger partial charge in [0.05, 0.1) is 12.0 Å². The summed E-state index contributed by atoms with van der Waals surface area (Å²) in [4.78, 5) is 23.1. The zero-order valence-electron chi connectivity index (χ0n) is 10.7. The maximum Gasteiger partial charge on any atom is 0.305 e. The van der Waals surface area contributed by atoms with Crippen LogP contribution in [0.1, 0.15) is 39.0 Å². The van der Waals surface area contributed by atoms with Gasteiger partial charge in [0.2, 0.25) is 5.91 Å². The van der Waals surface area contributed by atoms with Gasteiger partial charge in [0.1, 0.15) is 0 Å². The van der Waals surface area contributed by atoms with Crippen LogP contribution in [0.3, 0.4) is 0 Å². The van der Waals surface area contributed by atoms with Crippen LogP contribution < -0.4 is 10.6 Å². The van der Waals surface area contributed by atoms with Crippen LogP contribution in [0.4, 0.5) is 0 Å². The zero-order valence-corrected chi connectivity index (χ0v) is 10.7. The van der Waals surface area contributed by atoms with Gasteiger partial charge in [0.25, 0.3) is 0 Å². The average Bonchev–Trinajstić information content (AvgIpc) is 2.62. The molecule has 0 atom stereocenters. The Bertz CT molecular complexity index is 389. The van der Waals surface area contributed by atoms with E-state index in [1.54, 1.807) is 0 Å². The van der Waals surface area contributed by atoms with Gasteiger partial charge in [-0.2, -0.15) is 0 Å². The Balaban J connectivity index is 2.05. The van der Waals surface area contributed by atoms with Crippen molar-refractivity contribution in [1.29, 1.82) is 0 Å². The molecule has 0 radical (unpaired) electrons. The molecular formula is C13H20N2O3. The SMILES string of the molecule is CC(C(=O)NC1(CC(=O)O)CCCC1)=C1CNC1. The average molecular weight is 252 g/mol. The van der Waals surface area contributed by atoms with E-state index in [1.165, 1.54) is 0 Å². The number of rotatable bonds is 4. The predicted octanol–water partition coefficient (Wildman–Crippen LogP) is 0.810. The zero-order chi connectivity index (χ0) is 13.2. The number of carboxylic acid groups (broad SMARTS) is 1. The van der Waals surface area contributed by atoms with E-state index in [9.17, 15) is 9.59 Å². The van der Waals surface area contributed by atoms with Crippen molar-refractivity contribution in [2.75, 3.05) is 13.1 Å². The highest BCUT2D eigenvalue weighted by Gasteiger charge is 2.37. The van der Waals surface area contributed by atoms with Gasteiger partial charge in [0, 0.05) is 18.7 Å². The van der Waals surface area contributed by atoms with Crippen LogP contribution in [0.5, 0.6) is 0 Å². The Morgan fingerprint density at radius 2 is 1.94 bits per heavy atom. The molecule has 2 rings (SSSR count). The summed E-state index contributed by atoms with van der Waals surface area (Å²) in [5.74, 6) is -0.942. The summed E-state index contributed by atoms with van der Waals surface area (Å²) in [5, 5.41) is 15.1. The lowest BCUT2D eigenvalue weighted by atomic mass is 9.92. The molecule has 2 aliphatic rings. The smallest absolute Gasteiger partial charge is 0.305 e. The molecule has 1 aliphatic heterocycles. The van der Waals surface area contributed by atoms with Gasteiger partial charge in [0.15, 0.2) is 0 Å². The number of amides is 1. The van der Waals surface area contributed by atoms with E-state index >= 15 is 0 Å². The van der Waals surface area contributed by atoms with Crippen molar-refractivity contribution in [2.24, 2.45) is 0 Å². The van der Waals surface area contributed by atoms with Crippen molar-refractivity contribution in [3.05, 3.63) is 11.1 Å². The molecule has 0 aromatic rings. The summed E-state index contributed by atoms with van der Waals surface area (Å²) in [7, 11) is 0. The standard InChI is InChI=1S/C13H20N2O3/c1-9(10-7-14-8-10)12(18)15-13(6-11(16)17)4-2-3-5-13/h14H,2-8H2,1H3,(H,15,18)(H,16,17). The van der Waals surface area contributed by atoms with E-state index in [-0.39, 0.29) is 12.3 Å². The fourth-order valence-corrected chi connectivity index (χ4v) is 2.70. The molecule has 5 heteroatoms. The first-order valence-electron chi connectivity index (χ1n) is 6.46. The molecule has 1 amide bonds. The van der Waals surface area contributed by atoms with Crippen molar-refractivity contribution in [3.63, 3.8) is 0 Å². The first-order chi connectivity index (χ1) is 8.52. The third-order valence-electron chi connectivity index (χ3n) is 3.98. The van der Waals surface area contributed by atoms with Gasteiger partial charge >= 0.3 is 5.97 Å². The lowest BCUT2D eigenvalue weighted by Gasteiger charge is -2.30. The Morgan fingerprint density at radius 3 is 2.39 bits per heavy atom. The van der Waals surface area contributed by atoms with Crippen LogP contribution in [0.15, 0.2) is 11.1 Å². The topological polar surface area (TPSA) is 78.4 Å². The lowest BCUT2D eigenvalue weighted by molar-refractivity contribution is -0.139. The summed E-state index contributed by atoms with van der Waals surface area (Å²) in [6.07, 6.45) is 3.55. The van der Waals surface area contributed by atoms with E-state index in [0.717, 1.165) is 49.9 Å². The number of carboxylic acids is 1. The second kappa shape index (κ2) is 5.10. The third kappa shape index (κ3) is 2.72. The highest BCUT2D eigenvalue weighted by atomic mass is 16.4. The van der Waals surface area contributed by atoms with Crippen LogP contribution in [-0.2, 0) is 9.59 Å². The number of nitrogens with one attached hydrogen (secondary N) is 2. The minimum Gasteiger partial charge on any atom is -0.481 e. The molecule has 1 saturated carbocycles. The van der Waals surface area contributed by atoms with Crippen molar-refractivity contribution < 1.29 is 14.7 Å². The monoisotopic (exact) mass is 252 g/mol. The maximum absolute atomic E-state index is 12.1. The minimum absolute atomic E-state index is 0.0274. The molecular weight excluding hydrogens is 232 g/mol. The van der Waals surface area contributed by atoms with Crippen LogP contribution in [0.2, 0.25) is 0 Å². The first kappa shape index (κ1) is 13.1.